The summed E-state index contributed by atoms with van der Waals surface area (Å²) >= 11 is 1.41. The minimum absolute atomic E-state index is 0.165. The lowest BCUT2D eigenvalue weighted by atomic mass is 9.89. The maximum atomic E-state index is 12.3. The van der Waals surface area contributed by atoms with Crippen LogP contribution in [0.4, 0.5) is 22.2 Å². The summed E-state index contributed by atoms with van der Waals surface area (Å²) in [5.74, 6) is 1.41. The topological polar surface area (TPSA) is 123 Å². The monoisotopic (exact) mass is 581 g/mol. The van der Waals surface area contributed by atoms with Gasteiger partial charge in [-0.05, 0) is 69.8 Å². The first kappa shape index (κ1) is 26.8. The minimum Gasteiger partial charge on any atom is -0.453 e. The third-order valence-corrected chi connectivity index (χ3v) is 10.2. The molecule has 3 aromatic heterocycles. The number of aromatic nitrogens is 5. The highest BCUT2D eigenvalue weighted by atomic mass is 32.1. The molecule has 3 saturated heterocycles. The van der Waals surface area contributed by atoms with Crippen LogP contribution in [0.15, 0.2) is 12.4 Å². The number of rotatable bonds is 6. The van der Waals surface area contributed by atoms with Crippen LogP contribution >= 0.6 is 11.5 Å². The minimum atomic E-state index is -0.165. The van der Waals surface area contributed by atoms with E-state index in [1.54, 1.807) is 0 Å². The molecular weight excluding hydrogens is 542 g/mol. The Balaban J connectivity index is 1.01. The fourth-order valence-electron chi connectivity index (χ4n) is 7.25. The first-order valence-electron chi connectivity index (χ1n) is 15.0. The largest absolute Gasteiger partial charge is 0.453 e. The van der Waals surface area contributed by atoms with Crippen molar-refractivity contribution in [1.82, 2.24) is 33.9 Å². The fraction of sp³-hybridized carbons (Fsp3) is 0.679. The van der Waals surface area contributed by atoms with Crippen molar-refractivity contribution in [3.63, 3.8) is 0 Å². The molecular formula is C28H39N9O3S. The number of aryl methyl sites for hydroxylation is 1. The van der Waals surface area contributed by atoms with Crippen LogP contribution in [0.25, 0.3) is 10.2 Å². The highest BCUT2D eigenvalue weighted by molar-refractivity contribution is 7.13. The molecule has 2 bridgehead atoms. The quantitative estimate of drug-likeness (QED) is 0.435. The molecule has 2 atom stereocenters. The van der Waals surface area contributed by atoms with E-state index in [-0.39, 0.29) is 18.2 Å². The number of hydrogen-bond acceptors (Lipinski definition) is 11. The van der Waals surface area contributed by atoms with Gasteiger partial charge in [0.25, 0.3) is 0 Å². The van der Waals surface area contributed by atoms with Crippen molar-refractivity contribution in [2.75, 3.05) is 44.0 Å². The van der Waals surface area contributed by atoms with E-state index in [9.17, 15) is 4.79 Å². The maximum Gasteiger partial charge on any atom is 0.410 e. The van der Waals surface area contributed by atoms with Gasteiger partial charge in [0, 0.05) is 56.7 Å². The number of fused-ring (bicyclic) bond motifs is 3. The Morgan fingerprint density at radius 1 is 1.00 bits per heavy atom. The third kappa shape index (κ3) is 5.35. The van der Waals surface area contributed by atoms with Gasteiger partial charge in [0.15, 0.2) is 4.83 Å². The number of methoxy groups -OCH3 is 1. The van der Waals surface area contributed by atoms with E-state index in [1.165, 1.54) is 18.6 Å². The molecule has 13 heteroatoms. The summed E-state index contributed by atoms with van der Waals surface area (Å²) in [4.78, 5) is 27.5. The highest BCUT2D eigenvalue weighted by Crippen LogP contribution is 2.36. The van der Waals surface area contributed by atoms with E-state index in [0.29, 0.717) is 24.1 Å². The number of nitrogens with zero attached hydrogens (tertiary/aromatic N) is 7. The van der Waals surface area contributed by atoms with Crippen molar-refractivity contribution >= 4 is 45.3 Å². The zero-order valence-electron chi connectivity index (χ0n) is 23.8. The van der Waals surface area contributed by atoms with Crippen LogP contribution in [0.5, 0.6) is 0 Å². The first-order valence-corrected chi connectivity index (χ1v) is 15.7. The smallest absolute Gasteiger partial charge is 0.410 e. The normalized spacial score (nSPS) is 27.3. The lowest BCUT2D eigenvalue weighted by molar-refractivity contribution is 0.0262. The van der Waals surface area contributed by atoms with Crippen LogP contribution in [0, 0.1) is 6.92 Å². The van der Waals surface area contributed by atoms with Crippen molar-refractivity contribution in [1.29, 1.82) is 0 Å². The summed E-state index contributed by atoms with van der Waals surface area (Å²) in [7, 11) is 1.49. The number of hydrogen-bond donors (Lipinski definition) is 2. The lowest BCUT2D eigenvalue weighted by Crippen LogP contribution is -2.58. The number of carbonyl (C=O) groups is 1. The molecule has 0 spiro atoms. The number of nitrogens with one attached hydrogen (secondary N) is 2. The predicted octanol–water partition coefficient (Wildman–Crippen LogP) is 4.32. The summed E-state index contributed by atoms with van der Waals surface area (Å²) in [6, 6.07) is 1.85. The van der Waals surface area contributed by atoms with Gasteiger partial charge < -0.3 is 20.1 Å². The predicted molar refractivity (Wildman–Crippen MR) is 157 cm³/mol. The SMILES string of the molecule is COC(=O)N1C2CCC1CN(C1CCC(Nc3nc(Nc4cnn(C5CCOCC5)c4)nc4snc(C)c34)CC1)C2. The van der Waals surface area contributed by atoms with Gasteiger partial charge in [-0.2, -0.15) is 19.4 Å². The van der Waals surface area contributed by atoms with E-state index < -0.39 is 0 Å². The molecule has 3 aromatic rings. The average Bonchev–Trinajstić information content (AvgIpc) is 3.69. The van der Waals surface area contributed by atoms with Crippen molar-refractivity contribution in [2.45, 2.75) is 88.5 Å². The van der Waals surface area contributed by atoms with Crippen LogP contribution in [0.2, 0.25) is 0 Å². The molecule has 0 aromatic carbocycles. The highest BCUT2D eigenvalue weighted by Gasteiger charge is 2.45. The Bertz CT molecular complexity index is 1370. The molecule has 7 rings (SSSR count). The Labute approximate surface area is 244 Å². The summed E-state index contributed by atoms with van der Waals surface area (Å²) in [6.45, 7) is 5.50. The van der Waals surface area contributed by atoms with E-state index in [2.05, 4.69) is 25.0 Å². The molecule has 1 amide bonds. The van der Waals surface area contributed by atoms with Gasteiger partial charge in [0.05, 0.1) is 36.1 Å². The second-order valence-electron chi connectivity index (χ2n) is 11.9. The first-order chi connectivity index (χ1) is 20.1. The van der Waals surface area contributed by atoms with Crippen LogP contribution in [-0.4, -0.2) is 97.6 Å². The van der Waals surface area contributed by atoms with Crippen LogP contribution in [-0.2, 0) is 9.47 Å². The molecule has 6 heterocycles. The molecule has 220 valence electrons. The van der Waals surface area contributed by atoms with Crippen molar-refractivity contribution in [3.8, 4) is 0 Å². The van der Waals surface area contributed by atoms with E-state index >= 15 is 0 Å². The van der Waals surface area contributed by atoms with Gasteiger partial charge in [-0.1, -0.05) is 0 Å². The number of amides is 1. The molecule has 2 N–H and O–H groups in total. The summed E-state index contributed by atoms with van der Waals surface area (Å²) in [5, 5.41) is 12.7. The van der Waals surface area contributed by atoms with Crippen molar-refractivity contribution in [3.05, 3.63) is 18.1 Å². The van der Waals surface area contributed by atoms with E-state index in [0.717, 1.165) is 105 Å². The van der Waals surface area contributed by atoms with Gasteiger partial charge in [0.2, 0.25) is 5.95 Å². The number of likely N-dealkylation sites (tertiary alicyclic amines) is 1. The number of carbonyl (C=O) groups excluding carboxylic acids is 1. The summed E-state index contributed by atoms with van der Waals surface area (Å²) in [5.41, 5.74) is 1.84. The van der Waals surface area contributed by atoms with Crippen LogP contribution in [0.1, 0.15) is 63.1 Å². The molecule has 1 saturated carbocycles. The second kappa shape index (κ2) is 11.3. The maximum absolute atomic E-state index is 12.3. The molecule has 3 aliphatic heterocycles. The molecule has 1 aliphatic carbocycles. The number of anilines is 3. The molecule has 2 unspecified atom stereocenters. The lowest BCUT2D eigenvalue weighted by Gasteiger charge is -2.45. The molecule has 0 radical (unpaired) electrons. The van der Waals surface area contributed by atoms with Gasteiger partial charge in [-0.25, -0.2) is 4.79 Å². The standard InChI is InChI=1S/C28H39N9O3S/c1-17-24-25(30-18-3-5-20(6-4-18)35-15-22-7-8-23(16-35)37(22)28(38)39-2)32-27(33-26(24)41-34-17)31-19-13-29-36(14-19)21-9-11-40-12-10-21/h13-14,18,20-23H,3-12,15-16H2,1-2H3,(H2,30,31,32,33). The molecule has 41 heavy (non-hydrogen) atoms. The summed E-state index contributed by atoms with van der Waals surface area (Å²) < 4.78 is 17.2. The van der Waals surface area contributed by atoms with Crippen molar-refractivity contribution in [2.24, 2.45) is 0 Å². The zero-order valence-corrected chi connectivity index (χ0v) is 24.6. The fourth-order valence-corrected chi connectivity index (χ4v) is 8.02. The Morgan fingerprint density at radius 2 is 1.73 bits per heavy atom. The Kier molecular flexibility index (Phi) is 7.42. The number of ether oxygens (including phenoxy) is 2. The van der Waals surface area contributed by atoms with Gasteiger partial charge in [-0.3, -0.25) is 14.5 Å². The van der Waals surface area contributed by atoms with Crippen LogP contribution < -0.4 is 10.6 Å². The van der Waals surface area contributed by atoms with Gasteiger partial charge >= 0.3 is 6.09 Å². The number of piperazine rings is 1. The third-order valence-electron chi connectivity index (χ3n) is 9.38. The molecule has 12 nitrogen and oxygen atoms in total. The van der Waals surface area contributed by atoms with Gasteiger partial charge in [-0.15, -0.1) is 0 Å². The van der Waals surface area contributed by atoms with E-state index in [1.807, 2.05) is 28.9 Å². The van der Waals surface area contributed by atoms with E-state index in [4.69, 9.17) is 19.4 Å². The molecule has 4 fully saturated rings. The average molecular weight is 582 g/mol. The zero-order chi connectivity index (χ0) is 27.9. The van der Waals surface area contributed by atoms with Crippen LogP contribution in [0.3, 0.4) is 0 Å². The Hall–Kier alpha value is -3.03. The van der Waals surface area contributed by atoms with Crippen molar-refractivity contribution < 1.29 is 14.3 Å². The summed E-state index contributed by atoms with van der Waals surface area (Å²) in [6.07, 6.45) is 12.3. The molecule has 4 aliphatic rings. The van der Waals surface area contributed by atoms with Gasteiger partial charge in [0.1, 0.15) is 5.82 Å². The second-order valence-corrected chi connectivity index (χ2v) is 12.6. The Morgan fingerprint density at radius 3 is 2.46 bits per heavy atom.